The molecule has 0 spiro atoms. The highest BCUT2D eigenvalue weighted by molar-refractivity contribution is 6.31. The molecule has 0 aliphatic rings. The van der Waals surface area contributed by atoms with E-state index in [9.17, 15) is 4.79 Å². The molecule has 134 valence electrons. The third-order valence-corrected chi connectivity index (χ3v) is 4.60. The van der Waals surface area contributed by atoms with Gasteiger partial charge in [-0.25, -0.2) is 0 Å². The Kier molecular flexibility index (Phi) is 5.68. The Morgan fingerprint density at radius 1 is 1.19 bits per heavy atom. The summed E-state index contributed by atoms with van der Waals surface area (Å²) in [5.74, 6) is 0.0222. The van der Waals surface area contributed by atoms with Crippen molar-refractivity contribution in [1.29, 1.82) is 0 Å². The average molecular weight is 369 g/mol. The van der Waals surface area contributed by atoms with Gasteiger partial charge in [0.1, 0.15) is 0 Å². The lowest BCUT2D eigenvalue weighted by Gasteiger charge is -2.07. The van der Waals surface area contributed by atoms with E-state index in [1.807, 2.05) is 50.5 Å². The molecule has 1 aromatic carbocycles. The first kappa shape index (κ1) is 18.1. The average Bonchev–Trinajstić information content (AvgIpc) is 3.08. The van der Waals surface area contributed by atoms with Crippen molar-refractivity contribution in [1.82, 2.24) is 20.1 Å². The van der Waals surface area contributed by atoms with Crippen molar-refractivity contribution >= 4 is 17.5 Å². The zero-order valence-electron chi connectivity index (χ0n) is 14.9. The van der Waals surface area contributed by atoms with Crippen molar-refractivity contribution in [2.45, 2.75) is 26.3 Å². The summed E-state index contributed by atoms with van der Waals surface area (Å²) in [6, 6.07) is 9.77. The largest absolute Gasteiger partial charge is 0.352 e. The van der Waals surface area contributed by atoms with E-state index in [0.717, 1.165) is 33.0 Å². The standard InChI is InChI=1S/C20H21ClN4O/c1-14-9-15(3-6-18(14)21)5-8-20(26)23-11-16-4-7-19(22-10-16)17-12-24-25(2)13-17/h3-4,6-7,9-10,12-13H,5,8,11H2,1-2H3,(H,23,26). The van der Waals surface area contributed by atoms with Gasteiger partial charge in [-0.15, -0.1) is 0 Å². The predicted molar refractivity (Wildman–Crippen MR) is 103 cm³/mol. The fraction of sp³-hybridized carbons (Fsp3) is 0.250. The van der Waals surface area contributed by atoms with Crippen molar-refractivity contribution in [3.63, 3.8) is 0 Å². The quantitative estimate of drug-likeness (QED) is 0.721. The maximum absolute atomic E-state index is 12.1. The van der Waals surface area contributed by atoms with Crippen LogP contribution in [-0.4, -0.2) is 20.7 Å². The molecule has 0 bridgehead atoms. The van der Waals surface area contributed by atoms with E-state index < -0.39 is 0 Å². The fourth-order valence-electron chi connectivity index (χ4n) is 2.66. The highest BCUT2D eigenvalue weighted by Gasteiger charge is 2.05. The predicted octanol–water partition coefficient (Wildman–Crippen LogP) is 3.69. The first-order chi connectivity index (χ1) is 12.5. The Labute approximate surface area is 158 Å². The molecule has 5 nitrogen and oxygen atoms in total. The number of aryl methyl sites for hydroxylation is 3. The maximum Gasteiger partial charge on any atom is 0.220 e. The van der Waals surface area contributed by atoms with Crippen LogP contribution < -0.4 is 5.32 Å². The Morgan fingerprint density at radius 3 is 2.65 bits per heavy atom. The minimum Gasteiger partial charge on any atom is -0.352 e. The number of nitrogens with zero attached hydrogens (tertiary/aromatic N) is 3. The van der Waals surface area contributed by atoms with Gasteiger partial charge in [0.15, 0.2) is 0 Å². The molecule has 1 amide bonds. The van der Waals surface area contributed by atoms with Gasteiger partial charge in [0.2, 0.25) is 5.91 Å². The van der Waals surface area contributed by atoms with Gasteiger partial charge in [0, 0.05) is 43.0 Å². The van der Waals surface area contributed by atoms with Gasteiger partial charge >= 0.3 is 0 Å². The summed E-state index contributed by atoms with van der Waals surface area (Å²) in [6.07, 6.45) is 6.62. The van der Waals surface area contributed by atoms with E-state index in [1.54, 1.807) is 17.1 Å². The van der Waals surface area contributed by atoms with Crippen LogP contribution in [0.25, 0.3) is 11.3 Å². The number of hydrogen-bond donors (Lipinski definition) is 1. The lowest BCUT2D eigenvalue weighted by Crippen LogP contribution is -2.23. The number of halogens is 1. The zero-order valence-corrected chi connectivity index (χ0v) is 15.6. The molecule has 0 aliphatic carbocycles. The van der Waals surface area contributed by atoms with Gasteiger partial charge in [-0.3, -0.25) is 14.5 Å². The molecule has 2 heterocycles. The number of hydrogen-bond acceptors (Lipinski definition) is 3. The molecule has 0 unspecified atom stereocenters. The zero-order chi connectivity index (χ0) is 18.5. The number of pyridine rings is 1. The van der Waals surface area contributed by atoms with Crippen molar-refractivity contribution in [3.05, 3.63) is 70.6 Å². The van der Waals surface area contributed by atoms with E-state index in [0.29, 0.717) is 19.4 Å². The van der Waals surface area contributed by atoms with Crippen molar-refractivity contribution in [2.75, 3.05) is 0 Å². The highest BCUT2D eigenvalue weighted by Crippen LogP contribution is 2.17. The second-order valence-corrected chi connectivity index (χ2v) is 6.72. The van der Waals surface area contributed by atoms with Crippen LogP contribution in [0.4, 0.5) is 0 Å². The third-order valence-electron chi connectivity index (χ3n) is 4.18. The molecule has 26 heavy (non-hydrogen) atoms. The lowest BCUT2D eigenvalue weighted by molar-refractivity contribution is -0.121. The Morgan fingerprint density at radius 2 is 2.00 bits per heavy atom. The number of aromatic nitrogens is 3. The van der Waals surface area contributed by atoms with E-state index >= 15 is 0 Å². The molecule has 0 saturated heterocycles. The second-order valence-electron chi connectivity index (χ2n) is 6.31. The molecule has 3 aromatic rings. The summed E-state index contributed by atoms with van der Waals surface area (Å²) >= 11 is 6.02. The smallest absolute Gasteiger partial charge is 0.220 e. The minimum atomic E-state index is 0.0222. The molecular weight excluding hydrogens is 348 g/mol. The molecular formula is C20H21ClN4O. The van der Waals surface area contributed by atoms with E-state index in [1.165, 1.54) is 0 Å². The summed E-state index contributed by atoms with van der Waals surface area (Å²) in [5, 5.41) is 7.83. The van der Waals surface area contributed by atoms with Gasteiger partial charge in [-0.05, 0) is 42.2 Å². The Bertz CT molecular complexity index is 902. The first-order valence-corrected chi connectivity index (χ1v) is 8.85. The summed E-state index contributed by atoms with van der Waals surface area (Å²) in [4.78, 5) is 16.5. The van der Waals surface area contributed by atoms with Gasteiger partial charge in [-0.2, -0.15) is 5.10 Å². The minimum absolute atomic E-state index is 0.0222. The molecule has 3 rings (SSSR count). The molecule has 1 N–H and O–H groups in total. The summed E-state index contributed by atoms with van der Waals surface area (Å²) in [7, 11) is 1.87. The van der Waals surface area contributed by atoms with Crippen LogP contribution in [0, 0.1) is 6.92 Å². The van der Waals surface area contributed by atoms with Crippen molar-refractivity contribution in [2.24, 2.45) is 7.05 Å². The highest BCUT2D eigenvalue weighted by atomic mass is 35.5. The second kappa shape index (κ2) is 8.15. The Hall–Kier alpha value is -2.66. The van der Waals surface area contributed by atoms with E-state index in [4.69, 9.17) is 11.6 Å². The molecule has 0 atom stereocenters. The number of carbonyl (C=O) groups is 1. The molecule has 0 fully saturated rings. The number of rotatable bonds is 6. The molecule has 6 heteroatoms. The van der Waals surface area contributed by atoms with Crippen LogP contribution in [0.1, 0.15) is 23.1 Å². The first-order valence-electron chi connectivity index (χ1n) is 8.47. The van der Waals surface area contributed by atoms with Crippen LogP contribution >= 0.6 is 11.6 Å². The summed E-state index contributed by atoms with van der Waals surface area (Å²) in [5.41, 5.74) is 4.95. The van der Waals surface area contributed by atoms with Crippen LogP contribution in [-0.2, 0) is 24.8 Å². The third kappa shape index (κ3) is 4.70. The molecule has 2 aromatic heterocycles. The monoisotopic (exact) mass is 368 g/mol. The SMILES string of the molecule is Cc1cc(CCC(=O)NCc2ccc(-c3cnn(C)c3)nc2)ccc1Cl. The topological polar surface area (TPSA) is 59.8 Å². The number of benzene rings is 1. The number of carbonyl (C=O) groups excluding carboxylic acids is 1. The normalized spacial score (nSPS) is 10.7. The maximum atomic E-state index is 12.1. The van der Waals surface area contributed by atoms with E-state index in [2.05, 4.69) is 15.4 Å². The van der Waals surface area contributed by atoms with Gasteiger partial charge < -0.3 is 5.32 Å². The van der Waals surface area contributed by atoms with Crippen LogP contribution in [0.5, 0.6) is 0 Å². The van der Waals surface area contributed by atoms with Crippen LogP contribution in [0.2, 0.25) is 5.02 Å². The number of amides is 1. The van der Waals surface area contributed by atoms with Gasteiger partial charge in [-0.1, -0.05) is 29.8 Å². The van der Waals surface area contributed by atoms with Crippen molar-refractivity contribution in [3.8, 4) is 11.3 Å². The fourth-order valence-corrected chi connectivity index (χ4v) is 2.78. The summed E-state index contributed by atoms with van der Waals surface area (Å²) < 4.78 is 1.74. The van der Waals surface area contributed by atoms with Gasteiger partial charge in [0.25, 0.3) is 0 Å². The molecule has 0 saturated carbocycles. The molecule has 0 radical (unpaired) electrons. The summed E-state index contributed by atoms with van der Waals surface area (Å²) in [6.45, 7) is 2.44. The van der Waals surface area contributed by atoms with E-state index in [-0.39, 0.29) is 5.91 Å². The Balaban J connectivity index is 1.48. The number of nitrogens with one attached hydrogen (secondary N) is 1. The van der Waals surface area contributed by atoms with Crippen LogP contribution in [0.3, 0.4) is 0 Å². The molecule has 0 aliphatic heterocycles. The van der Waals surface area contributed by atoms with Crippen molar-refractivity contribution < 1.29 is 4.79 Å². The lowest BCUT2D eigenvalue weighted by atomic mass is 10.1. The van der Waals surface area contributed by atoms with Crippen LogP contribution in [0.15, 0.2) is 48.9 Å². The van der Waals surface area contributed by atoms with Gasteiger partial charge in [0.05, 0.1) is 11.9 Å².